The van der Waals surface area contributed by atoms with E-state index in [-0.39, 0.29) is 5.54 Å². The highest BCUT2D eigenvalue weighted by Gasteiger charge is 2.41. The van der Waals surface area contributed by atoms with Gasteiger partial charge in [0, 0.05) is 17.6 Å². The van der Waals surface area contributed by atoms with E-state index in [9.17, 15) is 0 Å². The summed E-state index contributed by atoms with van der Waals surface area (Å²) in [5.41, 5.74) is 20.0. The van der Waals surface area contributed by atoms with Crippen LogP contribution in [0.4, 0.5) is 0 Å². The number of hydrogen-bond acceptors (Lipinski definition) is 3. The Morgan fingerprint density at radius 3 is 1.91 bits per heavy atom. The third kappa shape index (κ3) is 4.29. The molecule has 0 radical (unpaired) electrons. The fourth-order valence-corrected chi connectivity index (χ4v) is 5.83. The summed E-state index contributed by atoms with van der Waals surface area (Å²) in [7, 11) is 0. The van der Waals surface area contributed by atoms with Crippen molar-refractivity contribution in [1.82, 2.24) is 0 Å². The molecule has 0 spiro atoms. The minimum absolute atomic E-state index is 0.0367. The number of rotatable bonds is 4. The van der Waals surface area contributed by atoms with Gasteiger partial charge in [0.25, 0.3) is 0 Å². The molecule has 23 heavy (non-hydrogen) atoms. The van der Waals surface area contributed by atoms with Gasteiger partial charge in [-0.1, -0.05) is 38.5 Å². The lowest BCUT2D eigenvalue weighted by Crippen LogP contribution is -2.53. The fourth-order valence-electron chi connectivity index (χ4n) is 5.83. The lowest BCUT2D eigenvalue weighted by atomic mass is 9.63. The topological polar surface area (TPSA) is 78.1 Å². The molecule has 3 saturated carbocycles. The average molecular weight is 322 g/mol. The van der Waals surface area contributed by atoms with Crippen LogP contribution >= 0.6 is 0 Å². The Hall–Kier alpha value is -0.120. The monoisotopic (exact) mass is 321 g/mol. The van der Waals surface area contributed by atoms with Crippen LogP contribution in [0.2, 0.25) is 0 Å². The third-order valence-corrected chi connectivity index (χ3v) is 7.42. The minimum Gasteiger partial charge on any atom is -0.327 e. The third-order valence-electron chi connectivity index (χ3n) is 7.42. The smallest absolute Gasteiger partial charge is 0.0186 e. The van der Waals surface area contributed by atoms with E-state index in [0.29, 0.717) is 23.9 Å². The molecule has 6 atom stereocenters. The molecule has 3 heteroatoms. The number of nitrogens with two attached hydrogens (primary N) is 3. The van der Waals surface area contributed by atoms with Crippen molar-refractivity contribution in [2.75, 3.05) is 0 Å². The van der Waals surface area contributed by atoms with Crippen molar-refractivity contribution in [2.45, 2.75) is 108 Å². The van der Waals surface area contributed by atoms with Crippen LogP contribution in [0.3, 0.4) is 0 Å². The zero-order valence-corrected chi connectivity index (χ0v) is 15.0. The maximum absolute atomic E-state index is 7.06. The first-order chi connectivity index (χ1) is 11.1. The quantitative estimate of drug-likeness (QED) is 0.739. The van der Waals surface area contributed by atoms with Gasteiger partial charge in [-0.15, -0.1) is 0 Å². The molecule has 6 unspecified atom stereocenters. The van der Waals surface area contributed by atoms with E-state index in [1.165, 1.54) is 89.9 Å². The Bertz CT molecular complexity index is 372. The van der Waals surface area contributed by atoms with E-state index in [2.05, 4.69) is 0 Å². The van der Waals surface area contributed by atoms with Crippen molar-refractivity contribution < 1.29 is 0 Å². The van der Waals surface area contributed by atoms with Crippen LogP contribution < -0.4 is 17.2 Å². The first kappa shape index (κ1) is 17.7. The van der Waals surface area contributed by atoms with Crippen molar-refractivity contribution in [3.05, 3.63) is 0 Å². The maximum Gasteiger partial charge on any atom is 0.0186 e. The minimum atomic E-state index is 0.0367. The van der Waals surface area contributed by atoms with Crippen molar-refractivity contribution in [3.63, 3.8) is 0 Å². The maximum atomic E-state index is 7.06. The fraction of sp³-hybridized carbons (Fsp3) is 1.00. The first-order valence-electron chi connectivity index (χ1n) is 10.4. The van der Waals surface area contributed by atoms with E-state index in [0.717, 1.165) is 5.92 Å². The summed E-state index contributed by atoms with van der Waals surface area (Å²) in [5, 5.41) is 0. The molecule has 6 N–H and O–H groups in total. The highest BCUT2D eigenvalue weighted by molar-refractivity contribution is 4.99. The molecular weight excluding hydrogens is 282 g/mol. The second-order valence-electron chi connectivity index (χ2n) is 9.03. The zero-order valence-electron chi connectivity index (χ0n) is 15.0. The molecule has 3 rings (SSSR count). The Morgan fingerprint density at radius 1 is 0.696 bits per heavy atom. The zero-order chi connectivity index (χ0) is 16.3. The van der Waals surface area contributed by atoms with Gasteiger partial charge in [0.05, 0.1) is 0 Å². The van der Waals surface area contributed by atoms with Gasteiger partial charge >= 0.3 is 0 Å². The highest BCUT2D eigenvalue weighted by atomic mass is 14.8. The van der Waals surface area contributed by atoms with Gasteiger partial charge in [0.1, 0.15) is 0 Å². The van der Waals surface area contributed by atoms with Crippen LogP contribution in [0.15, 0.2) is 0 Å². The summed E-state index contributed by atoms with van der Waals surface area (Å²) in [4.78, 5) is 0. The van der Waals surface area contributed by atoms with E-state index in [1.807, 2.05) is 0 Å². The molecule has 0 bridgehead atoms. The van der Waals surface area contributed by atoms with Crippen molar-refractivity contribution in [3.8, 4) is 0 Å². The van der Waals surface area contributed by atoms with E-state index >= 15 is 0 Å². The van der Waals surface area contributed by atoms with Crippen LogP contribution in [0.25, 0.3) is 0 Å². The molecular formula is C20H39N3. The molecule has 0 aromatic carbocycles. The lowest BCUT2D eigenvalue weighted by Gasteiger charge is -2.47. The predicted octanol–water partition coefficient (Wildman–Crippen LogP) is 3.69. The van der Waals surface area contributed by atoms with Gasteiger partial charge in [-0.3, -0.25) is 0 Å². The van der Waals surface area contributed by atoms with Gasteiger partial charge in [-0.05, 0) is 69.1 Å². The molecule has 0 heterocycles. The molecule has 134 valence electrons. The molecule has 3 nitrogen and oxygen atoms in total. The second-order valence-corrected chi connectivity index (χ2v) is 9.03. The lowest BCUT2D eigenvalue weighted by molar-refractivity contribution is 0.0986. The van der Waals surface area contributed by atoms with E-state index in [4.69, 9.17) is 17.2 Å². The molecule has 0 aromatic rings. The van der Waals surface area contributed by atoms with Crippen LogP contribution in [0, 0.1) is 17.8 Å². The average Bonchev–Trinajstić information content (AvgIpc) is 2.54. The van der Waals surface area contributed by atoms with Gasteiger partial charge in [-0.2, -0.15) is 0 Å². The summed E-state index contributed by atoms with van der Waals surface area (Å²) in [6.07, 6.45) is 18.1. The molecule has 3 aliphatic rings. The molecule has 0 aliphatic heterocycles. The highest BCUT2D eigenvalue weighted by Crippen LogP contribution is 2.43. The van der Waals surface area contributed by atoms with Gasteiger partial charge < -0.3 is 17.2 Å². The van der Waals surface area contributed by atoms with Crippen LogP contribution in [-0.4, -0.2) is 17.6 Å². The molecule has 0 saturated heterocycles. The van der Waals surface area contributed by atoms with Gasteiger partial charge in [0.2, 0.25) is 0 Å². The summed E-state index contributed by atoms with van der Waals surface area (Å²) < 4.78 is 0. The Kier molecular flexibility index (Phi) is 6.03. The van der Waals surface area contributed by atoms with Crippen molar-refractivity contribution >= 4 is 0 Å². The van der Waals surface area contributed by atoms with E-state index < -0.39 is 0 Å². The Morgan fingerprint density at radius 2 is 1.26 bits per heavy atom. The second kappa shape index (κ2) is 7.84. The standard InChI is InChI=1S/C20H39N3/c21-18-10-3-1-7-15(18)13-17-9-5-6-12-20(17,23)14-16-8-2-4-11-19(16)22/h15-19H,1-14,21-23H2. The summed E-state index contributed by atoms with van der Waals surface area (Å²) in [6.45, 7) is 0. The molecule has 3 fully saturated rings. The molecule has 0 aromatic heterocycles. The Balaban J connectivity index is 1.64. The van der Waals surface area contributed by atoms with Crippen LogP contribution in [-0.2, 0) is 0 Å². The first-order valence-corrected chi connectivity index (χ1v) is 10.4. The van der Waals surface area contributed by atoms with Gasteiger partial charge in [-0.25, -0.2) is 0 Å². The molecule has 3 aliphatic carbocycles. The number of hydrogen-bond donors (Lipinski definition) is 3. The van der Waals surface area contributed by atoms with Crippen molar-refractivity contribution in [2.24, 2.45) is 35.0 Å². The largest absolute Gasteiger partial charge is 0.327 e. The van der Waals surface area contributed by atoms with E-state index in [1.54, 1.807) is 0 Å². The normalized spacial score (nSPS) is 45.8. The summed E-state index contributed by atoms with van der Waals surface area (Å²) in [5.74, 6) is 2.06. The predicted molar refractivity (Wildman–Crippen MR) is 98.0 cm³/mol. The van der Waals surface area contributed by atoms with Crippen LogP contribution in [0.1, 0.15) is 89.9 Å². The van der Waals surface area contributed by atoms with Crippen molar-refractivity contribution in [1.29, 1.82) is 0 Å². The SMILES string of the molecule is NC1CCCCC1CC1CCCCC1(N)CC1CCCCC1N. The van der Waals surface area contributed by atoms with Crippen LogP contribution in [0.5, 0.6) is 0 Å². The summed E-state index contributed by atoms with van der Waals surface area (Å²) in [6, 6.07) is 0.815. The van der Waals surface area contributed by atoms with Gasteiger partial charge in [0.15, 0.2) is 0 Å². The molecule has 0 amide bonds. The summed E-state index contributed by atoms with van der Waals surface area (Å²) >= 11 is 0. The Labute approximate surface area is 143 Å².